The second kappa shape index (κ2) is 13.0. The molecule has 10 heteroatoms. The lowest BCUT2D eigenvalue weighted by molar-refractivity contribution is 1.12. The summed E-state index contributed by atoms with van der Waals surface area (Å²) in [7, 11) is 20.7. The van der Waals surface area contributed by atoms with Crippen molar-refractivity contribution in [1.82, 2.24) is 0 Å². The molecule has 2 aliphatic rings. The second-order valence-electron chi connectivity index (χ2n) is 14.8. The molecule has 258 valence electrons. The minimum absolute atomic E-state index is 0.235. The van der Waals surface area contributed by atoms with Crippen LogP contribution in [0.15, 0.2) is 84.9 Å². The Bertz CT molecular complexity index is 2040. The molecule has 0 saturated carbocycles. The zero-order chi connectivity index (χ0) is 37.2. The highest BCUT2D eigenvalue weighted by Gasteiger charge is 2.39. The Morgan fingerprint density at radius 1 is 0.500 bits per heavy atom. The summed E-state index contributed by atoms with van der Waals surface area (Å²) in [4.78, 5) is 17.2. The van der Waals surface area contributed by atoms with Crippen LogP contribution in [0, 0.1) is 17.9 Å². The number of hydrogen-bond acceptors (Lipinski definition) is 7. The van der Waals surface area contributed by atoms with Gasteiger partial charge in [0.15, 0.2) is 5.69 Å². The van der Waals surface area contributed by atoms with E-state index in [9.17, 15) is 5.26 Å². The van der Waals surface area contributed by atoms with Gasteiger partial charge < -0.3 is 29.4 Å². The first-order valence-corrected chi connectivity index (χ1v) is 17.5. The van der Waals surface area contributed by atoms with E-state index in [-0.39, 0.29) is 13.4 Å². The van der Waals surface area contributed by atoms with Crippen molar-refractivity contribution in [1.29, 1.82) is 5.26 Å². The fraction of sp³-hybridized carbons (Fsp3) is 0.238. The molecule has 0 aromatic heterocycles. The van der Waals surface area contributed by atoms with Crippen LogP contribution in [0.5, 0.6) is 0 Å². The molecule has 0 saturated heterocycles. The molecular formula is C42H44B2N8. The summed E-state index contributed by atoms with van der Waals surface area (Å²) in [6.45, 7) is 8.13. The zero-order valence-electron chi connectivity index (χ0n) is 31.8. The van der Waals surface area contributed by atoms with E-state index in [1.165, 1.54) is 0 Å². The molecule has 0 radical (unpaired) electrons. The van der Waals surface area contributed by atoms with E-state index in [1.807, 2.05) is 12.1 Å². The van der Waals surface area contributed by atoms with Crippen LogP contribution in [-0.4, -0.2) is 83.9 Å². The molecule has 0 bridgehead atoms. The highest BCUT2D eigenvalue weighted by molar-refractivity contribution is 7.00. The lowest BCUT2D eigenvalue weighted by Gasteiger charge is -2.37. The topological polar surface area (TPSA) is 47.6 Å². The van der Waals surface area contributed by atoms with Crippen molar-refractivity contribution in [3.05, 3.63) is 102 Å². The molecular weight excluding hydrogens is 638 g/mol. The van der Waals surface area contributed by atoms with E-state index >= 15 is 0 Å². The van der Waals surface area contributed by atoms with Crippen LogP contribution in [0.4, 0.5) is 51.2 Å². The number of benzene rings is 5. The monoisotopic (exact) mass is 682 g/mol. The molecule has 52 heavy (non-hydrogen) atoms. The predicted octanol–water partition coefficient (Wildman–Crippen LogP) is 3.57. The summed E-state index contributed by atoms with van der Waals surface area (Å²) >= 11 is 0. The van der Waals surface area contributed by atoms with Gasteiger partial charge in [0, 0.05) is 122 Å². The molecule has 0 spiro atoms. The third-order valence-electron chi connectivity index (χ3n) is 10.9. The van der Waals surface area contributed by atoms with Crippen molar-refractivity contribution in [2.24, 2.45) is 0 Å². The Balaban J connectivity index is 1.48. The summed E-state index contributed by atoms with van der Waals surface area (Å²) in [5.41, 5.74) is 16.0. The molecule has 8 nitrogen and oxygen atoms in total. The lowest BCUT2D eigenvalue weighted by atomic mass is 9.32. The third kappa shape index (κ3) is 5.47. The summed E-state index contributed by atoms with van der Waals surface area (Å²) < 4.78 is 0. The maximum Gasteiger partial charge on any atom is 0.246 e. The van der Waals surface area contributed by atoms with Crippen LogP contribution < -0.4 is 62.2 Å². The smallest absolute Gasteiger partial charge is 0.246 e. The third-order valence-corrected chi connectivity index (χ3v) is 10.9. The number of anilines is 8. The molecule has 7 rings (SSSR count). The molecule has 0 fully saturated rings. The highest BCUT2D eigenvalue weighted by Crippen LogP contribution is 2.34. The maximum atomic E-state index is 11.0. The van der Waals surface area contributed by atoms with Gasteiger partial charge in [0.05, 0.1) is 12.6 Å². The highest BCUT2D eigenvalue weighted by atomic mass is 15.1. The van der Waals surface area contributed by atoms with Crippen molar-refractivity contribution < 1.29 is 0 Å². The van der Waals surface area contributed by atoms with Gasteiger partial charge >= 0.3 is 0 Å². The minimum Gasteiger partial charge on any atom is -0.378 e. The van der Waals surface area contributed by atoms with E-state index in [2.05, 4.69) is 184 Å². The lowest BCUT2D eigenvalue weighted by Crippen LogP contribution is -2.60. The van der Waals surface area contributed by atoms with Crippen LogP contribution in [-0.2, 0) is 0 Å². The van der Waals surface area contributed by atoms with Crippen LogP contribution in [0.2, 0.25) is 0 Å². The van der Waals surface area contributed by atoms with Crippen molar-refractivity contribution in [3.8, 4) is 6.07 Å². The molecule has 0 unspecified atom stereocenters. The standard InChI is InChI=1S/C42H44B2N8/c1-46-38-25-36(43-32-16-12-28(47(2)3)21-39(32)51(10)40-22-29(48(4)5)13-17-33(40)43)27(26-45)20-37(38)44-34-18-14-30(49(6)7)23-41(34)52(11)42-24-31(50(8)9)15-19-35(42)44/h12-25H,2-11H3. The number of nitrogens with zero attached hydrogens (tertiary/aromatic N) is 8. The molecule has 0 atom stereocenters. The SMILES string of the molecule is [C-]#[N+]c1cc(B2c3ccc(N(C)C)cc3N(C)c3cc(N(C)C)ccc32)c(C#N)cc1B1c2ccc(N(C)C)cc2N(C)c2cc(N(C)C)ccc21. The van der Waals surface area contributed by atoms with Gasteiger partial charge in [-0.05, 0) is 70.4 Å². The first kappa shape index (κ1) is 34.5. The number of hydrogen-bond donors (Lipinski definition) is 0. The molecule has 0 aliphatic carbocycles. The normalized spacial score (nSPS) is 12.6. The van der Waals surface area contributed by atoms with E-state index in [0.29, 0.717) is 11.3 Å². The van der Waals surface area contributed by atoms with Crippen LogP contribution in [0.25, 0.3) is 4.85 Å². The van der Waals surface area contributed by atoms with Crippen LogP contribution in [0.3, 0.4) is 0 Å². The van der Waals surface area contributed by atoms with Gasteiger partial charge in [-0.1, -0.05) is 47.3 Å². The molecule has 2 aliphatic heterocycles. The summed E-state index contributed by atoms with van der Waals surface area (Å²) in [5.74, 6) is 0. The van der Waals surface area contributed by atoms with Gasteiger partial charge in [0.1, 0.15) is 0 Å². The van der Waals surface area contributed by atoms with Crippen molar-refractivity contribution >= 4 is 97.4 Å². The quantitative estimate of drug-likeness (QED) is 0.201. The second-order valence-corrected chi connectivity index (χ2v) is 14.8. The Hall–Kier alpha value is -5.99. The fourth-order valence-electron chi connectivity index (χ4n) is 7.93. The molecule has 5 aromatic rings. The molecule has 0 amide bonds. The van der Waals surface area contributed by atoms with Crippen molar-refractivity contribution in [2.45, 2.75) is 0 Å². The number of rotatable bonds is 6. The average molecular weight is 682 g/mol. The van der Waals surface area contributed by atoms with Crippen LogP contribution >= 0.6 is 0 Å². The Morgan fingerprint density at radius 2 is 0.827 bits per heavy atom. The van der Waals surface area contributed by atoms with Gasteiger partial charge in [-0.2, -0.15) is 5.26 Å². The van der Waals surface area contributed by atoms with Crippen LogP contribution in [0.1, 0.15) is 5.56 Å². The van der Waals surface area contributed by atoms with E-state index in [0.717, 1.165) is 78.3 Å². The first-order chi connectivity index (χ1) is 24.8. The van der Waals surface area contributed by atoms with E-state index in [4.69, 9.17) is 6.57 Å². The van der Waals surface area contributed by atoms with Gasteiger partial charge in [-0.3, -0.25) is 0 Å². The van der Waals surface area contributed by atoms with Crippen molar-refractivity contribution in [2.75, 3.05) is 99.9 Å². The largest absolute Gasteiger partial charge is 0.378 e. The maximum absolute atomic E-state index is 11.0. The summed E-state index contributed by atoms with van der Waals surface area (Å²) in [5, 5.41) is 11.0. The number of fused-ring (bicyclic) bond motifs is 4. The molecule has 0 N–H and O–H groups in total. The van der Waals surface area contributed by atoms with Crippen molar-refractivity contribution in [3.63, 3.8) is 0 Å². The Labute approximate surface area is 309 Å². The van der Waals surface area contributed by atoms with Gasteiger partial charge in [0.2, 0.25) is 13.4 Å². The summed E-state index contributed by atoms with van der Waals surface area (Å²) in [6, 6.07) is 32.8. The molecule has 5 aromatic carbocycles. The fourth-order valence-corrected chi connectivity index (χ4v) is 7.93. The minimum atomic E-state index is -0.236. The summed E-state index contributed by atoms with van der Waals surface area (Å²) in [6.07, 6.45) is 0. The predicted molar refractivity (Wildman–Crippen MR) is 226 cm³/mol. The Kier molecular flexibility index (Phi) is 8.59. The van der Waals surface area contributed by atoms with Gasteiger partial charge in [-0.15, -0.1) is 0 Å². The van der Waals surface area contributed by atoms with E-state index < -0.39 is 0 Å². The van der Waals surface area contributed by atoms with Gasteiger partial charge in [-0.25, -0.2) is 4.85 Å². The van der Waals surface area contributed by atoms with Gasteiger partial charge in [0.25, 0.3) is 0 Å². The first-order valence-electron chi connectivity index (χ1n) is 17.5. The number of nitriles is 1. The Morgan fingerprint density at radius 3 is 1.12 bits per heavy atom. The molecule has 2 heterocycles. The average Bonchev–Trinajstić information content (AvgIpc) is 3.14. The zero-order valence-corrected chi connectivity index (χ0v) is 31.8. The van der Waals surface area contributed by atoms with E-state index in [1.54, 1.807) is 0 Å².